The van der Waals surface area contributed by atoms with Crippen molar-refractivity contribution in [3.05, 3.63) is 65.3 Å². The molecule has 116 valence electrons. The third-order valence-electron chi connectivity index (χ3n) is 3.43. The Labute approximate surface area is 138 Å². The smallest absolute Gasteiger partial charge is 0.269 e. The number of benzene rings is 2. The van der Waals surface area contributed by atoms with Crippen LogP contribution < -0.4 is 15.5 Å². The molecule has 6 heteroatoms. The van der Waals surface area contributed by atoms with Gasteiger partial charge in [0.05, 0.1) is 11.4 Å². The Bertz CT molecular complexity index is 803. The molecule has 1 aliphatic rings. The molecule has 3 rings (SSSR count). The molecule has 0 radical (unpaired) electrons. The average Bonchev–Trinajstić information content (AvgIpc) is 2.64. The number of nitrogens with zero attached hydrogens (tertiary/aromatic N) is 1. The van der Waals surface area contributed by atoms with Crippen molar-refractivity contribution in [2.45, 2.75) is 0 Å². The SMILES string of the molecule is CN/C=C1\C(=O)Nc2ccc(Cl)cc2N(c2ccccc2)C1=O. The second-order valence-corrected chi connectivity index (χ2v) is 5.37. The molecule has 5 nitrogen and oxygen atoms in total. The normalized spacial score (nSPS) is 15.9. The molecule has 0 aliphatic carbocycles. The van der Waals surface area contributed by atoms with Crippen LogP contribution in [-0.2, 0) is 9.59 Å². The Morgan fingerprint density at radius 1 is 1.13 bits per heavy atom. The largest absolute Gasteiger partial charge is 0.393 e. The second-order valence-electron chi connectivity index (χ2n) is 4.94. The summed E-state index contributed by atoms with van der Waals surface area (Å²) in [6.45, 7) is 0. The molecule has 2 amide bonds. The van der Waals surface area contributed by atoms with Gasteiger partial charge < -0.3 is 10.6 Å². The van der Waals surface area contributed by atoms with Crippen molar-refractivity contribution in [1.29, 1.82) is 0 Å². The van der Waals surface area contributed by atoms with Gasteiger partial charge in [-0.3, -0.25) is 14.5 Å². The summed E-state index contributed by atoms with van der Waals surface area (Å²) in [5, 5.41) is 5.97. The van der Waals surface area contributed by atoms with Gasteiger partial charge in [-0.25, -0.2) is 0 Å². The summed E-state index contributed by atoms with van der Waals surface area (Å²) >= 11 is 6.09. The fraction of sp³-hybridized carbons (Fsp3) is 0.0588. The zero-order valence-corrected chi connectivity index (χ0v) is 13.1. The minimum atomic E-state index is -0.466. The van der Waals surface area contributed by atoms with Gasteiger partial charge in [-0.05, 0) is 30.3 Å². The molecule has 0 spiro atoms. The molecule has 0 aromatic heterocycles. The summed E-state index contributed by atoms with van der Waals surface area (Å²) in [5.41, 5.74) is 1.72. The lowest BCUT2D eigenvalue weighted by Crippen LogP contribution is -2.30. The van der Waals surface area contributed by atoms with E-state index in [9.17, 15) is 9.59 Å². The van der Waals surface area contributed by atoms with E-state index in [1.165, 1.54) is 11.1 Å². The summed E-state index contributed by atoms with van der Waals surface area (Å²) in [5.74, 6) is -0.893. The minimum absolute atomic E-state index is 0.0173. The van der Waals surface area contributed by atoms with E-state index < -0.39 is 11.8 Å². The van der Waals surface area contributed by atoms with Crippen molar-refractivity contribution in [2.75, 3.05) is 17.3 Å². The Morgan fingerprint density at radius 2 is 1.87 bits per heavy atom. The maximum absolute atomic E-state index is 12.9. The number of anilines is 3. The highest BCUT2D eigenvalue weighted by atomic mass is 35.5. The number of hydrogen-bond donors (Lipinski definition) is 2. The van der Waals surface area contributed by atoms with Gasteiger partial charge in [0.2, 0.25) is 0 Å². The van der Waals surface area contributed by atoms with Crippen molar-refractivity contribution >= 4 is 40.5 Å². The molecule has 0 fully saturated rings. The molecule has 2 aromatic rings. The number of carbonyl (C=O) groups excluding carboxylic acids is 2. The summed E-state index contributed by atoms with van der Waals surface area (Å²) < 4.78 is 0. The van der Waals surface area contributed by atoms with Crippen LogP contribution in [0.15, 0.2) is 60.3 Å². The number of carbonyl (C=O) groups is 2. The van der Waals surface area contributed by atoms with E-state index in [-0.39, 0.29) is 5.57 Å². The molecular formula is C17H14ClN3O2. The van der Waals surface area contributed by atoms with Crippen molar-refractivity contribution in [1.82, 2.24) is 5.32 Å². The van der Waals surface area contributed by atoms with Crippen LogP contribution in [0.1, 0.15) is 0 Å². The standard InChI is InChI=1S/C17H14ClN3O2/c1-19-10-13-16(22)20-14-8-7-11(18)9-15(14)21(17(13)23)12-5-3-2-4-6-12/h2-10,19H,1H3,(H,20,22)/b13-10+. The number of amides is 2. The maximum Gasteiger partial charge on any atom is 0.269 e. The third-order valence-corrected chi connectivity index (χ3v) is 3.67. The zero-order valence-electron chi connectivity index (χ0n) is 12.3. The van der Waals surface area contributed by atoms with Crippen molar-refractivity contribution in [3.63, 3.8) is 0 Å². The van der Waals surface area contributed by atoms with Gasteiger partial charge in [0, 0.05) is 24.0 Å². The molecule has 0 saturated carbocycles. The average molecular weight is 328 g/mol. The number of halogens is 1. The molecule has 2 aromatic carbocycles. The monoisotopic (exact) mass is 327 g/mol. The Kier molecular flexibility index (Phi) is 4.04. The maximum atomic E-state index is 12.9. The number of nitrogens with one attached hydrogen (secondary N) is 2. The Morgan fingerprint density at radius 3 is 2.57 bits per heavy atom. The zero-order chi connectivity index (χ0) is 16.4. The molecule has 0 unspecified atom stereocenters. The summed E-state index contributed by atoms with van der Waals surface area (Å²) in [6, 6.07) is 14.1. The first-order valence-corrected chi connectivity index (χ1v) is 7.37. The van der Waals surface area contributed by atoms with Gasteiger partial charge in [-0.2, -0.15) is 0 Å². The lowest BCUT2D eigenvalue weighted by molar-refractivity contribution is -0.119. The predicted octanol–water partition coefficient (Wildman–Crippen LogP) is 3.06. The molecule has 23 heavy (non-hydrogen) atoms. The van der Waals surface area contributed by atoms with Crippen LogP contribution in [0.2, 0.25) is 5.02 Å². The first kappa shape index (κ1) is 15.1. The quantitative estimate of drug-likeness (QED) is 0.658. The Hall–Kier alpha value is -2.79. The van der Waals surface area contributed by atoms with Crippen LogP contribution in [0.25, 0.3) is 0 Å². The van der Waals surface area contributed by atoms with E-state index in [0.29, 0.717) is 22.1 Å². The topological polar surface area (TPSA) is 61.4 Å². The van der Waals surface area contributed by atoms with Crippen LogP contribution >= 0.6 is 11.6 Å². The van der Waals surface area contributed by atoms with Crippen LogP contribution in [0.3, 0.4) is 0 Å². The fourth-order valence-electron chi connectivity index (χ4n) is 2.42. The number of hydrogen-bond acceptors (Lipinski definition) is 3. The van der Waals surface area contributed by atoms with Gasteiger partial charge in [0.15, 0.2) is 0 Å². The summed E-state index contributed by atoms with van der Waals surface area (Å²) in [7, 11) is 1.63. The fourth-order valence-corrected chi connectivity index (χ4v) is 2.58. The first-order valence-electron chi connectivity index (χ1n) is 6.99. The first-order chi connectivity index (χ1) is 11.1. The minimum Gasteiger partial charge on any atom is -0.393 e. The van der Waals surface area contributed by atoms with E-state index in [2.05, 4.69) is 10.6 Å². The molecule has 0 atom stereocenters. The molecule has 2 N–H and O–H groups in total. The van der Waals surface area contributed by atoms with Crippen LogP contribution in [0.5, 0.6) is 0 Å². The molecule has 0 bridgehead atoms. The third kappa shape index (κ3) is 2.78. The van der Waals surface area contributed by atoms with E-state index >= 15 is 0 Å². The highest BCUT2D eigenvalue weighted by molar-refractivity contribution is 6.34. The lowest BCUT2D eigenvalue weighted by atomic mass is 10.2. The molecular weight excluding hydrogens is 314 g/mol. The van der Waals surface area contributed by atoms with E-state index in [0.717, 1.165) is 0 Å². The van der Waals surface area contributed by atoms with Crippen molar-refractivity contribution in [3.8, 4) is 0 Å². The molecule has 0 saturated heterocycles. The number of fused-ring (bicyclic) bond motifs is 1. The van der Waals surface area contributed by atoms with Crippen LogP contribution in [0.4, 0.5) is 17.1 Å². The van der Waals surface area contributed by atoms with Crippen LogP contribution in [0, 0.1) is 0 Å². The van der Waals surface area contributed by atoms with E-state index in [4.69, 9.17) is 11.6 Å². The summed E-state index contributed by atoms with van der Waals surface area (Å²) in [4.78, 5) is 26.7. The van der Waals surface area contributed by atoms with Gasteiger partial charge >= 0.3 is 0 Å². The summed E-state index contributed by atoms with van der Waals surface area (Å²) in [6.07, 6.45) is 1.39. The number of para-hydroxylation sites is 1. The Balaban J connectivity index is 2.24. The van der Waals surface area contributed by atoms with Crippen molar-refractivity contribution in [2.24, 2.45) is 0 Å². The van der Waals surface area contributed by atoms with E-state index in [1.54, 1.807) is 37.4 Å². The van der Waals surface area contributed by atoms with Crippen LogP contribution in [-0.4, -0.2) is 18.9 Å². The van der Waals surface area contributed by atoms with Gasteiger partial charge in [0.25, 0.3) is 11.8 Å². The molecule has 1 heterocycles. The van der Waals surface area contributed by atoms with Crippen molar-refractivity contribution < 1.29 is 9.59 Å². The highest BCUT2D eigenvalue weighted by Gasteiger charge is 2.32. The van der Waals surface area contributed by atoms with Gasteiger partial charge in [-0.1, -0.05) is 29.8 Å². The van der Waals surface area contributed by atoms with Gasteiger partial charge in [0.1, 0.15) is 5.57 Å². The second kappa shape index (κ2) is 6.14. The number of rotatable bonds is 2. The van der Waals surface area contributed by atoms with E-state index in [1.807, 2.05) is 18.2 Å². The predicted molar refractivity (Wildman–Crippen MR) is 90.8 cm³/mol. The highest BCUT2D eigenvalue weighted by Crippen LogP contribution is 2.37. The van der Waals surface area contributed by atoms with Gasteiger partial charge in [-0.15, -0.1) is 0 Å². The lowest BCUT2D eigenvalue weighted by Gasteiger charge is -2.22. The molecule has 1 aliphatic heterocycles.